The normalized spacial score (nSPS) is 17.8. The van der Waals surface area contributed by atoms with Gasteiger partial charge in [0.15, 0.2) is 0 Å². The molecule has 0 heterocycles. The van der Waals surface area contributed by atoms with Gasteiger partial charge >= 0.3 is 0 Å². The van der Waals surface area contributed by atoms with E-state index in [0.29, 0.717) is 12.0 Å². The van der Waals surface area contributed by atoms with Crippen LogP contribution >= 0.6 is 0 Å². The van der Waals surface area contributed by atoms with Crippen LogP contribution in [0.5, 0.6) is 0 Å². The van der Waals surface area contributed by atoms with Crippen LogP contribution < -0.4 is 5.73 Å². The van der Waals surface area contributed by atoms with Crippen LogP contribution in [0.1, 0.15) is 31.2 Å². The lowest BCUT2D eigenvalue weighted by Gasteiger charge is -2.42. The molecule has 1 aromatic carbocycles. The number of benzene rings is 1. The highest BCUT2D eigenvalue weighted by atomic mass is 19.1. The van der Waals surface area contributed by atoms with E-state index in [1.807, 2.05) is 12.1 Å². The average Bonchev–Trinajstić information content (AvgIpc) is 2.31. The van der Waals surface area contributed by atoms with Crippen LogP contribution in [0.2, 0.25) is 0 Å². The van der Waals surface area contributed by atoms with E-state index in [0.717, 1.165) is 25.1 Å². The maximum Gasteiger partial charge on any atom is 0.127 e. The zero-order chi connectivity index (χ0) is 13.0. The third-order valence-electron chi connectivity index (χ3n) is 4.27. The van der Waals surface area contributed by atoms with Gasteiger partial charge in [-0.15, -0.1) is 0 Å². The van der Waals surface area contributed by atoms with Gasteiger partial charge in [0.1, 0.15) is 5.82 Å². The Morgan fingerprint density at radius 1 is 1.33 bits per heavy atom. The van der Waals surface area contributed by atoms with Gasteiger partial charge in [-0.2, -0.15) is 0 Å². The molecule has 0 bridgehead atoms. The lowest BCUT2D eigenvalue weighted by Crippen LogP contribution is -2.39. The van der Waals surface area contributed by atoms with Crippen molar-refractivity contribution < 1.29 is 4.39 Å². The molecule has 2 N–H and O–H groups in total. The molecule has 0 aliphatic heterocycles. The molecule has 1 aromatic rings. The molecule has 3 heteroatoms. The molecular weight excluding hydrogens is 227 g/mol. The van der Waals surface area contributed by atoms with Gasteiger partial charge in [0.2, 0.25) is 0 Å². The summed E-state index contributed by atoms with van der Waals surface area (Å²) in [5.74, 6) is -0.110. The van der Waals surface area contributed by atoms with Crippen LogP contribution in [-0.4, -0.2) is 25.0 Å². The Balaban J connectivity index is 1.82. The molecular formula is C15H23FN2. The van der Waals surface area contributed by atoms with E-state index in [4.69, 9.17) is 5.73 Å². The Kier molecular flexibility index (Phi) is 4.36. The van der Waals surface area contributed by atoms with Gasteiger partial charge in [-0.05, 0) is 50.9 Å². The molecule has 0 unspecified atom stereocenters. The molecule has 18 heavy (non-hydrogen) atoms. The van der Waals surface area contributed by atoms with Gasteiger partial charge in [0, 0.05) is 12.1 Å². The average molecular weight is 250 g/mol. The number of hydrogen-bond donors (Lipinski definition) is 1. The van der Waals surface area contributed by atoms with E-state index in [9.17, 15) is 4.39 Å². The quantitative estimate of drug-likeness (QED) is 0.841. The van der Waals surface area contributed by atoms with Gasteiger partial charge in [-0.25, -0.2) is 4.39 Å². The van der Waals surface area contributed by atoms with E-state index in [-0.39, 0.29) is 5.82 Å². The first kappa shape index (κ1) is 13.5. The highest BCUT2D eigenvalue weighted by Gasteiger charge is 2.35. The van der Waals surface area contributed by atoms with Crippen molar-refractivity contribution in [2.24, 2.45) is 11.1 Å². The fourth-order valence-electron chi connectivity index (χ4n) is 2.66. The third kappa shape index (κ3) is 3.09. The SMILES string of the molecule is CN(CCC1(CN)CCC1)Cc1ccccc1F. The van der Waals surface area contributed by atoms with E-state index in [1.54, 1.807) is 6.07 Å². The molecule has 0 atom stereocenters. The Bertz CT molecular complexity index is 382. The predicted octanol–water partition coefficient (Wildman–Crippen LogP) is 2.78. The molecule has 2 nitrogen and oxygen atoms in total. The van der Waals surface area contributed by atoms with Gasteiger partial charge in [0.25, 0.3) is 0 Å². The highest BCUT2D eigenvalue weighted by molar-refractivity contribution is 5.16. The molecule has 1 aliphatic carbocycles. The molecule has 0 saturated heterocycles. The molecule has 2 rings (SSSR count). The van der Waals surface area contributed by atoms with Crippen molar-refractivity contribution >= 4 is 0 Å². The number of nitrogens with two attached hydrogens (primary N) is 1. The smallest absolute Gasteiger partial charge is 0.127 e. The van der Waals surface area contributed by atoms with Crippen molar-refractivity contribution in [1.82, 2.24) is 4.90 Å². The summed E-state index contributed by atoms with van der Waals surface area (Å²) in [5.41, 5.74) is 7.01. The van der Waals surface area contributed by atoms with E-state index in [1.165, 1.54) is 25.3 Å². The second-order valence-electron chi connectivity index (χ2n) is 5.64. The van der Waals surface area contributed by atoms with Crippen LogP contribution in [0.3, 0.4) is 0 Å². The minimum atomic E-state index is -0.110. The standard InChI is InChI=1S/C15H23FN2/c1-18(10-9-15(12-17)7-4-8-15)11-13-5-2-3-6-14(13)16/h2-3,5-6H,4,7-12,17H2,1H3. The molecule has 0 spiro atoms. The molecule has 1 fully saturated rings. The topological polar surface area (TPSA) is 29.3 Å². The summed E-state index contributed by atoms with van der Waals surface area (Å²) in [4.78, 5) is 2.19. The maximum atomic E-state index is 13.5. The van der Waals surface area contributed by atoms with Crippen molar-refractivity contribution in [1.29, 1.82) is 0 Å². The monoisotopic (exact) mass is 250 g/mol. The maximum absolute atomic E-state index is 13.5. The molecule has 100 valence electrons. The Labute approximate surface area is 109 Å². The van der Waals surface area contributed by atoms with Gasteiger partial charge in [-0.3, -0.25) is 0 Å². The van der Waals surface area contributed by atoms with Crippen LogP contribution in [0.15, 0.2) is 24.3 Å². The van der Waals surface area contributed by atoms with E-state index in [2.05, 4.69) is 11.9 Å². The fourth-order valence-corrected chi connectivity index (χ4v) is 2.66. The van der Waals surface area contributed by atoms with Gasteiger partial charge in [0.05, 0.1) is 0 Å². The zero-order valence-corrected chi connectivity index (χ0v) is 11.2. The summed E-state index contributed by atoms with van der Waals surface area (Å²) >= 11 is 0. The lowest BCUT2D eigenvalue weighted by molar-refractivity contribution is 0.110. The van der Waals surface area contributed by atoms with Gasteiger partial charge in [-0.1, -0.05) is 24.6 Å². The molecule has 0 aromatic heterocycles. The largest absolute Gasteiger partial charge is 0.330 e. The minimum absolute atomic E-state index is 0.110. The second-order valence-corrected chi connectivity index (χ2v) is 5.64. The predicted molar refractivity (Wildman–Crippen MR) is 72.7 cm³/mol. The second kappa shape index (κ2) is 5.81. The third-order valence-corrected chi connectivity index (χ3v) is 4.27. The first-order chi connectivity index (χ1) is 8.65. The summed E-state index contributed by atoms with van der Waals surface area (Å²) in [6.07, 6.45) is 4.97. The molecule has 0 amide bonds. The molecule has 1 saturated carbocycles. The molecule has 1 aliphatic rings. The Morgan fingerprint density at radius 2 is 2.06 bits per heavy atom. The van der Waals surface area contributed by atoms with Crippen LogP contribution in [0, 0.1) is 11.2 Å². The van der Waals surface area contributed by atoms with Crippen molar-refractivity contribution in [2.75, 3.05) is 20.1 Å². The highest BCUT2D eigenvalue weighted by Crippen LogP contribution is 2.42. The summed E-state index contributed by atoms with van der Waals surface area (Å²) in [6.45, 7) is 2.46. The Morgan fingerprint density at radius 3 is 2.61 bits per heavy atom. The van der Waals surface area contributed by atoms with Crippen LogP contribution in [-0.2, 0) is 6.54 Å². The Hall–Kier alpha value is -0.930. The number of rotatable bonds is 6. The minimum Gasteiger partial charge on any atom is -0.330 e. The number of hydrogen-bond acceptors (Lipinski definition) is 2. The van der Waals surface area contributed by atoms with Crippen molar-refractivity contribution in [2.45, 2.75) is 32.2 Å². The van der Waals surface area contributed by atoms with Crippen LogP contribution in [0.4, 0.5) is 4.39 Å². The first-order valence-electron chi connectivity index (χ1n) is 6.77. The van der Waals surface area contributed by atoms with Crippen LogP contribution in [0.25, 0.3) is 0 Å². The number of nitrogens with zero attached hydrogens (tertiary/aromatic N) is 1. The zero-order valence-electron chi connectivity index (χ0n) is 11.2. The summed E-state index contributed by atoms with van der Waals surface area (Å²) in [6, 6.07) is 7.00. The van der Waals surface area contributed by atoms with Crippen molar-refractivity contribution in [3.63, 3.8) is 0 Å². The van der Waals surface area contributed by atoms with Crippen molar-refractivity contribution in [3.8, 4) is 0 Å². The first-order valence-corrected chi connectivity index (χ1v) is 6.77. The van der Waals surface area contributed by atoms with E-state index >= 15 is 0 Å². The van der Waals surface area contributed by atoms with Gasteiger partial charge < -0.3 is 10.6 Å². The number of halogens is 1. The summed E-state index contributed by atoms with van der Waals surface area (Å²) in [5, 5.41) is 0. The lowest BCUT2D eigenvalue weighted by atomic mass is 9.66. The molecule has 0 radical (unpaired) electrons. The summed E-state index contributed by atoms with van der Waals surface area (Å²) in [7, 11) is 2.05. The fraction of sp³-hybridized carbons (Fsp3) is 0.600. The van der Waals surface area contributed by atoms with E-state index < -0.39 is 0 Å². The summed E-state index contributed by atoms with van der Waals surface area (Å²) < 4.78 is 13.5. The van der Waals surface area contributed by atoms with Crippen molar-refractivity contribution in [3.05, 3.63) is 35.6 Å².